The van der Waals surface area contributed by atoms with Crippen molar-refractivity contribution >= 4 is 11.5 Å². The molecule has 0 aliphatic carbocycles. The molecule has 2 aromatic rings. The lowest BCUT2D eigenvalue weighted by Crippen LogP contribution is -2.05. The van der Waals surface area contributed by atoms with Gasteiger partial charge >= 0.3 is 0 Å². The van der Waals surface area contributed by atoms with Crippen molar-refractivity contribution in [2.24, 2.45) is 7.05 Å². The number of aromatic nitrogens is 3. The molecule has 2 rings (SSSR count). The van der Waals surface area contributed by atoms with Gasteiger partial charge in [-0.05, 0) is 6.07 Å². The van der Waals surface area contributed by atoms with E-state index in [1.165, 1.54) is 12.1 Å². The van der Waals surface area contributed by atoms with Crippen LogP contribution >= 0.6 is 0 Å². The Kier molecular flexibility index (Phi) is 2.73. The fraction of sp³-hybridized carbons (Fsp3) is 0.200. The number of nitrogen functional groups attached to an aromatic ring is 1. The van der Waals surface area contributed by atoms with E-state index in [1.54, 1.807) is 17.0 Å². The topological polar surface area (TPSA) is 99.9 Å². The van der Waals surface area contributed by atoms with E-state index in [4.69, 9.17) is 5.73 Å². The molecule has 0 amide bonds. The van der Waals surface area contributed by atoms with Crippen LogP contribution in [0.5, 0.6) is 0 Å². The summed E-state index contributed by atoms with van der Waals surface area (Å²) in [5.74, 6) is 0.964. The number of nitro groups is 1. The summed E-state index contributed by atoms with van der Waals surface area (Å²) in [6, 6.07) is 2.78. The van der Waals surface area contributed by atoms with Crippen molar-refractivity contribution in [1.82, 2.24) is 14.5 Å². The minimum Gasteiger partial charge on any atom is -0.384 e. The van der Waals surface area contributed by atoms with Gasteiger partial charge in [-0.15, -0.1) is 0 Å². The summed E-state index contributed by atoms with van der Waals surface area (Å²) in [4.78, 5) is 18.5. The van der Waals surface area contributed by atoms with Crippen LogP contribution < -0.4 is 5.73 Å². The smallest absolute Gasteiger partial charge is 0.291 e. The van der Waals surface area contributed by atoms with Crippen LogP contribution in [0.4, 0.5) is 11.5 Å². The highest BCUT2D eigenvalue weighted by Gasteiger charge is 2.17. The number of hydrogen-bond acceptors (Lipinski definition) is 5. The predicted octanol–water partition coefficient (Wildman–Crippen LogP) is 0.896. The third-order valence-corrected chi connectivity index (χ3v) is 2.41. The Balaban J connectivity index is 2.41. The molecular weight excluding hydrogens is 222 g/mol. The first kappa shape index (κ1) is 11.1. The molecule has 0 saturated heterocycles. The van der Waals surface area contributed by atoms with Crippen LogP contribution in [-0.4, -0.2) is 19.5 Å². The summed E-state index contributed by atoms with van der Waals surface area (Å²) in [6.07, 6.45) is 3.69. The first-order valence-corrected chi connectivity index (χ1v) is 4.94. The van der Waals surface area contributed by atoms with Gasteiger partial charge < -0.3 is 10.3 Å². The van der Waals surface area contributed by atoms with Crippen molar-refractivity contribution in [3.8, 4) is 0 Å². The fourth-order valence-corrected chi connectivity index (χ4v) is 1.52. The molecule has 7 nitrogen and oxygen atoms in total. The third kappa shape index (κ3) is 2.22. The van der Waals surface area contributed by atoms with E-state index >= 15 is 0 Å². The van der Waals surface area contributed by atoms with E-state index in [0.717, 1.165) is 0 Å². The molecule has 0 fully saturated rings. The molecule has 0 aliphatic rings. The van der Waals surface area contributed by atoms with E-state index in [2.05, 4.69) is 9.97 Å². The Hall–Kier alpha value is -2.44. The molecule has 0 saturated carbocycles. The number of nitrogens with two attached hydrogens (primary N) is 1. The standard InChI is InChI=1S/C10H11N5O2/c1-14-5-4-12-10(14)6-7-8(15(16)17)2-3-9(11)13-7/h2-5H,6H2,1H3,(H2,11,13). The third-order valence-electron chi connectivity index (χ3n) is 2.41. The SMILES string of the molecule is Cn1ccnc1Cc1nc(N)ccc1[N+](=O)[O-]. The maximum Gasteiger partial charge on any atom is 0.291 e. The lowest BCUT2D eigenvalue weighted by atomic mass is 10.2. The van der Waals surface area contributed by atoms with Crippen molar-refractivity contribution < 1.29 is 4.92 Å². The van der Waals surface area contributed by atoms with Gasteiger partial charge in [-0.3, -0.25) is 10.1 Å². The van der Waals surface area contributed by atoms with Gasteiger partial charge in [0.25, 0.3) is 5.69 Å². The number of rotatable bonds is 3. The molecule has 7 heteroatoms. The molecule has 0 bridgehead atoms. The lowest BCUT2D eigenvalue weighted by Gasteiger charge is -2.03. The van der Waals surface area contributed by atoms with Gasteiger partial charge in [-0.2, -0.15) is 0 Å². The van der Waals surface area contributed by atoms with Crippen molar-refractivity contribution in [3.63, 3.8) is 0 Å². The van der Waals surface area contributed by atoms with Gasteiger partial charge in [0.15, 0.2) is 0 Å². The summed E-state index contributed by atoms with van der Waals surface area (Å²) >= 11 is 0. The Bertz CT molecular complexity index is 564. The summed E-state index contributed by atoms with van der Waals surface area (Å²) in [7, 11) is 1.82. The largest absolute Gasteiger partial charge is 0.384 e. The zero-order valence-electron chi connectivity index (χ0n) is 9.20. The predicted molar refractivity (Wildman–Crippen MR) is 61.3 cm³/mol. The monoisotopic (exact) mass is 233 g/mol. The highest BCUT2D eigenvalue weighted by molar-refractivity contribution is 5.43. The molecule has 2 N–H and O–H groups in total. The van der Waals surface area contributed by atoms with Crippen LogP contribution in [0.2, 0.25) is 0 Å². The Morgan fingerprint density at radius 1 is 1.53 bits per heavy atom. The van der Waals surface area contributed by atoms with E-state index in [1.807, 2.05) is 7.05 Å². The van der Waals surface area contributed by atoms with Crippen LogP contribution in [0.3, 0.4) is 0 Å². The lowest BCUT2D eigenvalue weighted by molar-refractivity contribution is -0.385. The zero-order valence-corrected chi connectivity index (χ0v) is 9.20. The second-order valence-electron chi connectivity index (χ2n) is 3.59. The highest BCUT2D eigenvalue weighted by atomic mass is 16.6. The molecule has 0 aromatic carbocycles. The maximum absolute atomic E-state index is 10.8. The summed E-state index contributed by atoms with van der Waals surface area (Å²) in [6.45, 7) is 0. The number of aryl methyl sites for hydroxylation is 1. The fourth-order valence-electron chi connectivity index (χ4n) is 1.52. The van der Waals surface area contributed by atoms with Gasteiger partial charge in [0.2, 0.25) is 0 Å². The average Bonchev–Trinajstić information content (AvgIpc) is 2.64. The van der Waals surface area contributed by atoms with Crippen LogP contribution in [0.25, 0.3) is 0 Å². The molecule has 2 heterocycles. The number of hydrogen-bond donors (Lipinski definition) is 1. The molecule has 17 heavy (non-hydrogen) atoms. The molecule has 0 spiro atoms. The molecule has 0 radical (unpaired) electrons. The summed E-state index contributed by atoms with van der Waals surface area (Å²) in [5.41, 5.74) is 5.82. The highest BCUT2D eigenvalue weighted by Crippen LogP contribution is 2.20. The molecule has 88 valence electrons. The Morgan fingerprint density at radius 2 is 2.29 bits per heavy atom. The normalized spacial score (nSPS) is 10.4. The van der Waals surface area contributed by atoms with Gasteiger partial charge in [0.1, 0.15) is 17.3 Å². The summed E-state index contributed by atoms with van der Waals surface area (Å²) in [5, 5.41) is 10.8. The number of pyridine rings is 1. The average molecular weight is 233 g/mol. The maximum atomic E-state index is 10.8. The van der Waals surface area contributed by atoms with Crippen LogP contribution in [-0.2, 0) is 13.5 Å². The van der Waals surface area contributed by atoms with Crippen LogP contribution in [0, 0.1) is 10.1 Å². The van der Waals surface area contributed by atoms with Gasteiger partial charge in [0.05, 0.1) is 11.3 Å². The first-order valence-electron chi connectivity index (χ1n) is 4.94. The van der Waals surface area contributed by atoms with Gasteiger partial charge in [0, 0.05) is 25.5 Å². The van der Waals surface area contributed by atoms with Crippen LogP contribution in [0.15, 0.2) is 24.5 Å². The van der Waals surface area contributed by atoms with E-state index in [9.17, 15) is 10.1 Å². The molecule has 0 unspecified atom stereocenters. The van der Waals surface area contributed by atoms with Crippen LogP contribution in [0.1, 0.15) is 11.5 Å². The summed E-state index contributed by atoms with van der Waals surface area (Å²) < 4.78 is 1.79. The number of anilines is 1. The Morgan fingerprint density at radius 3 is 2.88 bits per heavy atom. The van der Waals surface area contributed by atoms with Gasteiger partial charge in [-0.25, -0.2) is 9.97 Å². The molecule has 0 aliphatic heterocycles. The number of nitrogens with zero attached hydrogens (tertiary/aromatic N) is 4. The van der Waals surface area contributed by atoms with Crippen molar-refractivity contribution in [2.45, 2.75) is 6.42 Å². The van der Waals surface area contributed by atoms with Gasteiger partial charge in [-0.1, -0.05) is 0 Å². The molecule has 0 atom stereocenters. The first-order chi connectivity index (χ1) is 8.08. The molecule has 2 aromatic heterocycles. The second-order valence-corrected chi connectivity index (χ2v) is 3.59. The van der Waals surface area contributed by atoms with Crippen molar-refractivity contribution in [3.05, 3.63) is 46.2 Å². The number of imidazole rings is 1. The second kappa shape index (κ2) is 4.20. The van der Waals surface area contributed by atoms with E-state index in [-0.39, 0.29) is 17.9 Å². The van der Waals surface area contributed by atoms with Crippen molar-refractivity contribution in [1.29, 1.82) is 0 Å². The minimum absolute atomic E-state index is 0.0396. The Labute approximate surface area is 97.1 Å². The quantitative estimate of drug-likeness (QED) is 0.627. The van der Waals surface area contributed by atoms with E-state index in [0.29, 0.717) is 11.5 Å². The van der Waals surface area contributed by atoms with Crippen molar-refractivity contribution in [2.75, 3.05) is 5.73 Å². The molecular formula is C10H11N5O2. The zero-order chi connectivity index (χ0) is 12.4. The minimum atomic E-state index is -0.468. The van der Waals surface area contributed by atoms with E-state index < -0.39 is 4.92 Å².